The van der Waals surface area contributed by atoms with Crippen LogP contribution in [0, 0.1) is 13.8 Å². The first kappa shape index (κ1) is 21.2. The van der Waals surface area contributed by atoms with E-state index in [-0.39, 0.29) is 17.4 Å². The number of nitrogens with one attached hydrogen (secondary N) is 1. The number of nitrogens with zero attached hydrogens (tertiary/aromatic N) is 3. The minimum Gasteiger partial charge on any atom is -0.383 e. The smallest absolute Gasteiger partial charge is 0.272 e. The zero-order valence-electron chi connectivity index (χ0n) is 17.6. The lowest BCUT2D eigenvalue weighted by atomic mass is 10.0. The first-order valence-corrected chi connectivity index (χ1v) is 9.72. The van der Waals surface area contributed by atoms with Crippen LogP contribution in [0.25, 0.3) is 5.69 Å². The number of carbonyl (C=O) groups excluding carboxylic acids is 1. The molecular weight excluding hydrogens is 380 g/mol. The van der Waals surface area contributed by atoms with Gasteiger partial charge in [0.05, 0.1) is 17.6 Å². The van der Waals surface area contributed by atoms with Crippen molar-refractivity contribution in [2.45, 2.75) is 40.2 Å². The number of hydrogen-bond donors (Lipinski definition) is 3. The highest BCUT2D eigenvalue weighted by molar-refractivity contribution is 6.06. The number of nitrogens with two attached hydrogens (primary N) is 2. The first-order chi connectivity index (χ1) is 14.2. The second-order valence-corrected chi connectivity index (χ2v) is 7.36. The average molecular weight is 406 g/mol. The van der Waals surface area contributed by atoms with E-state index < -0.39 is 11.5 Å². The van der Waals surface area contributed by atoms with Gasteiger partial charge < -0.3 is 16.8 Å². The largest absolute Gasteiger partial charge is 0.383 e. The molecule has 2 heterocycles. The third-order valence-electron chi connectivity index (χ3n) is 4.97. The van der Waals surface area contributed by atoms with Gasteiger partial charge in [-0.25, -0.2) is 4.98 Å². The van der Waals surface area contributed by atoms with Crippen LogP contribution in [-0.4, -0.2) is 20.4 Å². The zero-order chi connectivity index (χ0) is 22.0. The normalized spacial score (nSPS) is 11.9. The van der Waals surface area contributed by atoms with E-state index in [2.05, 4.69) is 22.2 Å². The Balaban J connectivity index is 2.05. The standard InChI is InChI=1S/C22H26N6O2/c1-5-15-6-12(2)19(13(3)7-15)28-11-26-20(24)18(22(28)30)21(29)27-17-8-16(14(4)23)9-25-10-17/h6-11,14H,5,23-24H2,1-4H3,(H,27,29)/t14-/m1/s1. The maximum absolute atomic E-state index is 13.2. The Bertz CT molecular complexity index is 1140. The predicted molar refractivity (Wildman–Crippen MR) is 118 cm³/mol. The van der Waals surface area contributed by atoms with Crippen LogP contribution in [0.5, 0.6) is 0 Å². The summed E-state index contributed by atoms with van der Waals surface area (Å²) in [5.41, 5.74) is 15.9. The summed E-state index contributed by atoms with van der Waals surface area (Å²) >= 11 is 0. The van der Waals surface area contributed by atoms with E-state index in [1.54, 1.807) is 12.3 Å². The molecule has 0 fully saturated rings. The number of benzene rings is 1. The van der Waals surface area contributed by atoms with E-state index in [1.165, 1.54) is 22.7 Å². The fourth-order valence-electron chi connectivity index (χ4n) is 3.44. The summed E-state index contributed by atoms with van der Waals surface area (Å²) in [6.45, 7) is 7.74. The number of carbonyl (C=O) groups is 1. The molecule has 8 nitrogen and oxygen atoms in total. The van der Waals surface area contributed by atoms with Crippen LogP contribution in [0.4, 0.5) is 11.5 Å². The molecule has 0 aliphatic rings. The van der Waals surface area contributed by atoms with E-state index in [4.69, 9.17) is 11.5 Å². The van der Waals surface area contributed by atoms with Gasteiger partial charge in [0.15, 0.2) is 0 Å². The summed E-state index contributed by atoms with van der Waals surface area (Å²) in [5.74, 6) is -0.783. The monoisotopic (exact) mass is 406 g/mol. The van der Waals surface area contributed by atoms with Gasteiger partial charge in [-0.15, -0.1) is 0 Å². The topological polar surface area (TPSA) is 129 Å². The van der Waals surface area contributed by atoms with Crippen molar-refractivity contribution in [2.75, 3.05) is 11.1 Å². The molecule has 156 valence electrons. The minimum absolute atomic E-state index is 0.134. The highest BCUT2D eigenvalue weighted by Crippen LogP contribution is 2.21. The Kier molecular flexibility index (Phi) is 5.98. The van der Waals surface area contributed by atoms with Crippen molar-refractivity contribution in [1.29, 1.82) is 0 Å². The maximum atomic E-state index is 13.2. The Morgan fingerprint density at radius 1 is 1.20 bits per heavy atom. The van der Waals surface area contributed by atoms with E-state index in [9.17, 15) is 9.59 Å². The summed E-state index contributed by atoms with van der Waals surface area (Å²) in [7, 11) is 0. The lowest BCUT2D eigenvalue weighted by Gasteiger charge is -2.16. The van der Waals surface area contributed by atoms with Crippen LogP contribution in [-0.2, 0) is 6.42 Å². The average Bonchev–Trinajstić information content (AvgIpc) is 2.69. The molecule has 0 radical (unpaired) electrons. The van der Waals surface area contributed by atoms with E-state index in [0.717, 1.165) is 23.1 Å². The van der Waals surface area contributed by atoms with Gasteiger partial charge >= 0.3 is 0 Å². The summed E-state index contributed by atoms with van der Waals surface area (Å²) in [4.78, 5) is 34.3. The zero-order valence-corrected chi connectivity index (χ0v) is 17.6. The third kappa shape index (κ3) is 4.08. The van der Waals surface area contributed by atoms with Crippen LogP contribution < -0.4 is 22.3 Å². The number of anilines is 2. The highest BCUT2D eigenvalue weighted by atomic mass is 16.2. The molecule has 1 aromatic carbocycles. The molecule has 3 aromatic rings. The van der Waals surface area contributed by atoms with Crippen LogP contribution in [0.2, 0.25) is 0 Å². The molecular formula is C22H26N6O2. The highest BCUT2D eigenvalue weighted by Gasteiger charge is 2.20. The number of rotatable bonds is 5. The summed E-state index contributed by atoms with van der Waals surface area (Å²) in [6, 6.07) is 5.51. The Morgan fingerprint density at radius 3 is 2.47 bits per heavy atom. The van der Waals surface area contributed by atoms with Crippen LogP contribution >= 0.6 is 0 Å². The number of amides is 1. The fourth-order valence-corrected chi connectivity index (χ4v) is 3.44. The maximum Gasteiger partial charge on any atom is 0.272 e. The van der Waals surface area contributed by atoms with Crippen molar-refractivity contribution in [3.05, 3.63) is 75.1 Å². The van der Waals surface area contributed by atoms with Crippen molar-refractivity contribution in [1.82, 2.24) is 14.5 Å². The molecule has 1 amide bonds. The first-order valence-electron chi connectivity index (χ1n) is 9.72. The van der Waals surface area contributed by atoms with E-state index >= 15 is 0 Å². The van der Waals surface area contributed by atoms with E-state index in [0.29, 0.717) is 11.4 Å². The molecule has 0 aliphatic carbocycles. The molecule has 2 aromatic heterocycles. The number of aryl methyl sites for hydroxylation is 3. The summed E-state index contributed by atoms with van der Waals surface area (Å²) in [5, 5.41) is 2.67. The third-order valence-corrected chi connectivity index (χ3v) is 4.97. The Hall–Kier alpha value is -3.52. The van der Waals surface area contributed by atoms with Crippen molar-refractivity contribution in [3.8, 4) is 5.69 Å². The van der Waals surface area contributed by atoms with Gasteiger partial charge in [-0.2, -0.15) is 0 Å². The van der Waals surface area contributed by atoms with Gasteiger partial charge in [-0.1, -0.05) is 19.1 Å². The fraction of sp³-hybridized carbons (Fsp3) is 0.273. The van der Waals surface area contributed by atoms with Crippen molar-refractivity contribution >= 4 is 17.4 Å². The van der Waals surface area contributed by atoms with Gasteiger partial charge in [0.2, 0.25) is 0 Å². The van der Waals surface area contributed by atoms with Crippen LogP contribution in [0.15, 0.2) is 41.7 Å². The van der Waals surface area contributed by atoms with Crippen molar-refractivity contribution in [2.24, 2.45) is 5.73 Å². The van der Waals surface area contributed by atoms with Gasteiger partial charge in [0.25, 0.3) is 11.5 Å². The number of nitrogen functional groups attached to an aromatic ring is 1. The molecule has 0 saturated heterocycles. The lowest BCUT2D eigenvalue weighted by molar-refractivity contribution is 0.102. The molecule has 0 aliphatic heterocycles. The molecule has 8 heteroatoms. The van der Waals surface area contributed by atoms with E-state index in [1.807, 2.05) is 32.9 Å². The second-order valence-electron chi connectivity index (χ2n) is 7.36. The van der Waals surface area contributed by atoms with Gasteiger partial charge in [-0.05, 0) is 55.5 Å². The molecule has 0 saturated carbocycles. The molecule has 1 atom stereocenters. The molecule has 0 spiro atoms. The van der Waals surface area contributed by atoms with Crippen molar-refractivity contribution < 1.29 is 4.79 Å². The SMILES string of the molecule is CCc1cc(C)c(-n2cnc(N)c(C(=O)Nc3cncc([C@@H](C)N)c3)c2=O)c(C)c1. The Morgan fingerprint density at radius 2 is 1.87 bits per heavy atom. The molecule has 0 bridgehead atoms. The van der Waals surface area contributed by atoms with Crippen LogP contribution in [0.1, 0.15) is 52.5 Å². The quantitative estimate of drug-likeness (QED) is 0.597. The summed E-state index contributed by atoms with van der Waals surface area (Å²) in [6.07, 6.45) is 5.34. The second kappa shape index (κ2) is 8.46. The molecule has 3 rings (SSSR count). The molecule has 5 N–H and O–H groups in total. The molecule has 30 heavy (non-hydrogen) atoms. The predicted octanol–water partition coefficient (Wildman–Crippen LogP) is 2.66. The summed E-state index contributed by atoms with van der Waals surface area (Å²) < 4.78 is 1.37. The van der Waals surface area contributed by atoms with Gasteiger partial charge in [-0.3, -0.25) is 19.1 Å². The number of aromatic nitrogens is 3. The van der Waals surface area contributed by atoms with Gasteiger partial charge in [0.1, 0.15) is 17.7 Å². The lowest BCUT2D eigenvalue weighted by Crippen LogP contribution is -2.31. The number of hydrogen-bond acceptors (Lipinski definition) is 6. The minimum atomic E-state index is -0.650. The van der Waals surface area contributed by atoms with Gasteiger partial charge in [0, 0.05) is 12.2 Å². The number of pyridine rings is 1. The molecule has 0 unspecified atom stereocenters. The van der Waals surface area contributed by atoms with Crippen LogP contribution in [0.3, 0.4) is 0 Å². The van der Waals surface area contributed by atoms with Crippen molar-refractivity contribution in [3.63, 3.8) is 0 Å². The Labute approximate surface area is 175 Å².